The van der Waals surface area contributed by atoms with Crippen LogP contribution in [-0.2, 0) is 9.53 Å². The molecule has 0 spiro atoms. The molecule has 1 saturated carbocycles. The molecule has 1 N–H and O–H groups in total. The maximum atomic E-state index is 12.0. The second-order valence-corrected chi connectivity index (χ2v) is 6.78. The van der Waals surface area contributed by atoms with Crippen molar-refractivity contribution >= 4 is 11.6 Å². The van der Waals surface area contributed by atoms with Gasteiger partial charge in [-0.1, -0.05) is 44.9 Å². The summed E-state index contributed by atoms with van der Waals surface area (Å²) in [6, 6.07) is 0. The monoisotopic (exact) mass is 323 g/mol. The third kappa shape index (κ3) is 8.47. The standard InChI is InChI=1S/C18H33N3O2/c22-18(16-21-12-14-23-15-13-21)20-19-17-10-8-6-4-2-1-3-5-7-9-11-17/h1-16H2,(H,20,22). The number of morpholine rings is 1. The van der Waals surface area contributed by atoms with Crippen LogP contribution in [0.1, 0.15) is 70.6 Å². The normalized spacial score (nSPS) is 22.7. The predicted molar refractivity (Wildman–Crippen MR) is 93.6 cm³/mol. The quantitative estimate of drug-likeness (QED) is 0.812. The number of amides is 1. The lowest BCUT2D eigenvalue weighted by Crippen LogP contribution is -2.42. The Morgan fingerprint density at radius 3 is 2.00 bits per heavy atom. The van der Waals surface area contributed by atoms with Crippen LogP contribution >= 0.6 is 0 Å². The number of rotatable bonds is 3. The number of ether oxygens (including phenoxy) is 1. The summed E-state index contributed by atoms with van der Waals surface area (Å²) in [7, 11) is 0. The van der Waals surface area contributed by atoms with Gasteiger partial charge in [0, 0.05) is 18.8 Å². The molecule has 5 heteroatoms. The van der Waals surface area contributed by atoms with Crippen LogP contribution in [0.25, 0.3) is 0 Å². The number of hydrazone groups is 1. The van der Waals surface area contributed by atoms with Crippen molar-refractivity contribution in [3.63, 3.8) is 0 Å². The predicted octanol–water partition coefficient (Wildman–Crippen LogP) is 3.10. The van der Waals surface area contributed by atoms with Crippen molar-refractivity contribution in [2.45, 2.75) is 70.6 Å². The fourth-order valence-corrected chi connectivity index (χ4v) is 3.27. The SMILES string of the molecule is O=C(CN1CCOCC1)NN=C1CCCCCCCCCCC1. The van der Waals surface area contributed by atoms with Gasteiger partial charge in [-0.15, -0.1) is 0 Å². The molecular weight excluding hydrogens is 290 g/mol. The van der Waals surface area contributed by atoms with Gasteiger partial charge in [-0.05, 0) is 25.7 Å². The van der Waals surface area contributed by atoms with Crippen molar-refractivity contribution < 1.29 is 9.53 Å². The van der Waals surface area contributed by atoms with Crippen molar-refractivity contribution in [1.82, 2.24) is 10.3 Å². The van der Waals surface area contributed by atoms with Crippen molar-refractivity contribution in [3.05, 3.63) is 0 Å². The molecule has 1 aliphatic carbocycles. The summed E-state index contributed by atoms with van der Waals surface area (Å²) >= 11 is 0. The van der Waals surface area contributed by atoms with E-state index in [1.54, 1.807) is 0 Å². The van der Waals surface area contributed by atoms with Gasteiger partial charge in [-0.3, -0.25) is 9.69 Å². The molecule has 0 aromatic heterocycles. The Kier molecular flexibility index (Phi) is 9.26. The highest BCUT2D eigenvalue weighted by Gasteiger charge is 2.13. The first kappa shape index (κ1) is 18.4. The summed E-state index contributed by atoms with van der Waals surface area (Å²) in [6.07, 6.45) is 13.9. The summed E-state index contributed by atoms with van der Waals surface area (Å²) < 4.78 is 5.30. The van der Waals surface area contributed by atoms with Gasteiger partial charge in [0.25, 0.3) is 5.91 Å². The first-order valence-corrected chi connectivity index (χ1v) is 9.49. The molecule has 2 fully saturated rings. The lowest BCUT2D eigenvalue weighted by Gasteiger charge is -2.25. The van der Waals surface area contributed by atoms with Gasteiger partial charge < -0.3 is 4.74 Å². The summed E-state index contributed by atoms with van der Waals surface area (Å²) in [4.78, 5) is 14.2. The summed E-state index contributed by atoms with van der Waals surface area (Å²) in [6.45, 7) is 3.55. The average molecular weight is 323 g/mol. The molecule has 23 heavy (non-hydrogen) atoms. The van der Waals surface area contributed by atoms with Crippen LogP contribution < -0.4 is 5.43 Å². The molecule has 0 unspecified atom stereocenters. The zero-order valence-corrected chi connectivity index (χ0v) is 14.5. The lowest BCUT2D eigenvalue weighted by molar-refractivity contribution is -0.123. The van der Waals surface area contributed by atoms with Gasteiger partial charge in [-0.2, -0.15) is 5.10 Å². The van der Waals surface area contributed by atoms with Gasteiger partial charge in [0.1, 0.15) is 0 Å². The highest BCUT2D eigenvalue weighted by Crippen LogP contribution is 2.15. The topological polar surface area (TPSA) is 53.9 Å². The number of nitrogens with one attached hydrogen (secondary N) is 1. The first-order valence-electron chi connectivity index (χ1n) is 9.49. The van der Waals surface area contributed by atoms with Crippen LogP contribution in [0.3, 0.4) is 0 Å². The van der Waals surface area contributed by atoms with E-state index in [1.807, 2.05) is 0 Å². The highest BCUT2D eigenvalue weighted by atomic mass is 16.5. The van der Waals surface area contributed by atoms with E-state index in [0.717, 1.165) is 39.1 Å². The minimum atomic E-state index is 0.00511. The maximum Gasteiger partial charge on any atom is 0.254 e. The molecule has 0 atom stereocenters. The van der Waals surface area contributed by atoms with Crippen LogP contribution in [0.15, 0.2) is 5.10 Å². The summed E-state index contributed by atoms with van der Waals surface area (Å²) in [5.41, 5.74) is 3.96. The molecule has 132 valence electrons. The average Bonchev–Trinajstić information content (AvgIpc) is 2.55. The molecule has 1 saturated heterocycles. The second-order valence-electron chi connectivity index (χ2n) is 6.78. The van der Waals surface area contributed by atoms with E-state index >= 15 is 0 Å². The molecule has 0 radical (unpaired) electrons. The molecule has 1 heterocycles. The van der Waals surface area contributed by atoms with Crippen LogP contribution in [0.5, 0.6) is 0 Å². The third-order valence-corrected chi connectivity index (χ3v) is 4.74. The maximum absolute atomic E-state index is 12.0. The largest absolute Gasteiger partial charge is 0.379 e. The Morgan fingerprint density at radius 2 is 1.43 bits per heavy atom. The third-order valence-electron chi connectivity index (χ3n) is 4.74. The van der Waals surface area contributed by atoms with Gasteiger partial charge in [-0.25, -0.2) is 5.43 Å². The fraction of sp³-hybridized carbons (Fsp3) is 0.889. The van der Waals surface area contributed by atoms with Crippen molar-refractivity contribution in [2.24, 2.45) is 5.10 Å². The number of hydrogen-bond acceptors (Lipinski definition) is 4. The van der Waals surface area contributed by atoms with Gasteiger partial charge in [0.15, 0.2) is 0 Å². The zero-order valence-electron chi connectivity index (χ0n) is 14.5. The molecule has 0 bridgehead atoms. The molecular formula is C18H33N3O2. The van der Waals surface area contributed by atoms with Crippen LogP contribution in [0.4, 0.5) is 0 Å². The number of carbonyl (C=O) groups excluding carboxylic acids is 1. The molecule has 1 aliphatic heterocycles. The summed E-state index contributed by atoms with van der Waals surface area (Å²) in [5.74, 6) is 0.00511. The lowest BCUT2D eigenvalue weighted by atomic mass is 10.00. The first-order chi connectivity index (χ1) is 11.3. The molecule has 2 rings (SSSR count). The van der Waals surface area contributed by atoms with Crippen LogP contribution in [0.2, 0.25) is 0 Å². The molecule has 1 amide bonds. The Bertz CT molecular complexity index is 351. The van der Waals surface area contributed by atoms with Crippen molar-refractivity contribution in [1.29, 1.82) is 0 Å². The number of carbonyl (C=O) groups is 1. The van der Waals surface area contributed by atoms with E-state index in [0.29, 0.717) is 6.54 Å². The van der Waals surface area contributed by atoms with Crippen LogP contribution in [0, 0.1) is 0 Å². The molecule has 2 aliphatic rings. The Balaban J connectivity index is 1.73. The van der Waals surface area contributed by atoms with E-state index in [-0.39, 0.29) is 5.91 Å². The van der Waals surface area contributed by atoms with Crippen LogP contribution in [-0.4, -0.2) is 49.4 Å². The van der Waals surface area contributed by atoms with E-state index in [4.69, 9.17) is 4.74 Å². The smallest absolute Gasteiger partial charge is 0.254 e. The molecule has 5 nitrogen and oxygen atoms in total. The van der Waals surface area contributed by atoms with Gasteiger partial charge in [0.2, 0.25) is 0 Å². The minimum absolute atomic E-state index is 0.00511. The number of hydrogen-bond donors (Lipinski definition) is 1. The molecule has 0 aromatic rings. The minimum Gasteiger partial charge on any atom is -0.379 e. The number of nitrogens with zero attached hydrogens (tertiary/aromatic N) is 2. The van der Waals surface area contributed by atoms with Gasteiger partial charge in [0.05, 0.1) is 19.8 Å². The van der Waals surface area contributed by atoms with E-state index in [1.165, 1.54) is 63.5 Å². The van der Waals surface area contributed by atoms with Crippen molar-refractivity contribution in [2.75, 3.05) is 32.8 Å². The van der Waals surface area contributed by atoms with E-state index in [2.05, 4.69) is 15.4 Å². The van der Waals surface area contributed by atoms with E-state index < -0.39 is 0 Å². The van der Waals surface area contributed by atoms with Crippen molar-refractivity contribution in [3.8, 4) is 0 Å². The second kappa shape index (κ2) is 11.6. The Hall–Kier alpha value is -0.940. The summed E-state index contributed by atoms with van der Waals surface area (Å²) in [5, 5.41) is 4.44. The zero-order chi connectivity index (χ0) is 16.2. The Morgan fingerprint density at radius 1 is 0.913 bits per heavy atom. The fourth-order valence-electron chi connectivity index (χ4n) is 3.27. The molecule has 0 aromatic carbocycles. The Labute approximate surface area is 140 Å². The van der Waals surface area contributed by atoms with E-state index in [9.17, 15) is 4.79 Å². The highest BCUT2D eigenvalue weighted by molar-refractivity contribution is 5.86. The van der Waals surface area contributed by atoms with Gasteiger partial charge >= 0.3 is 0 Å².